The highest BCUT2D eigenvalue weighted by Crippen LogP contribution is 2.30. The zero-order valence-electron chi connectivity index (χ0n) is 6.47. The van der Waals surface area contributed by atoms with Crippen molar-refractivity contribution >= 4 is 0 Å². The minimum atomic E-state index is -1.12. The van der Waals surface area contributed by atoms with Crippen molar-refractivity contribution in [1.29, 1.82) is 0 Å². The van der Waals surface area contributed by atoms with Crippen molar-refractivity contribution in [2.75, 3.05) is 0 Å². The summed E-state index contributed by atoms with van der Waals surface area (Å²) in [6.07, 6.45) is 8.11. The van der Waals surface area contributed by atoms with Gasteiger partial charge in [0.05, 0.1) is 0 Å². The Bertz CT molecular complexity index is 166. The molecule has 0 fully saturated rings. The van der Waals surface area contributed by atoms with Gasteiger partial charge in [-0.25, -0.2) is 4.39 Å². The second-order valence-corrected chi connectivity index (χ2v) is 2.91. The van der Waals surface area contributed by atoms with Crippen LogP contribution in [0.25, 0.3) is 0 Å². The molecule has 2 atom stereocenters. The molecule has 1 heteroatoms. The molecular weight excluding hydrogens is 127 g/mol. The van der Waals surface area contributed by atoms with Crippen LogP contribution in [0.15, 0.2) is 24.3 Å². The number of rotatable bonds is 1. The smallest absolute Gasteiger partial charge is 0.132 e. The molecule has 1 aliphatic carbocycles. The first kappa shape index (κ1) is 7.52. The summed E-state index contributed by atoms with van der Waals surface area (Å²) in [6, 6.07) is 0. The Labute approximate surface area is 61.4 Å². The fourth-order valence-corrected chi connectivity index (χ4v) is 1.29. The molecule has 0 aromatic heterocycles. The van der Waals surface area contributed by atoms with Gasteiger partial charge in [-0.1, -0.05) is 25.2 Å². The first-order chi connectivity index (χ1) is 4.67. The largest absolute Gasteiger partial charge is 0.239 e. The lowest BCUT2D eigenvalue weighted by Gasteiger charge is -2.25. The quantitative estimate of drug-likeness (QED) is 0.525. The van der Waals surface area contributed by atoms with Crippen LogP contribution in [0.3, 0.4) is 0 Å². The van der Waals surface area contributed by atoms with E-state index in [9.17, 15) is 4.39 Å². The van der Waals surface area contributed by atoms with Crippen molar-refractivity contribution in [3.8, 4) is 0 Å². The van der Waals surface area contributed by atoms with Crippen molar-refractivity contribution < 1.29 is 4.39 Å². The van der Waals surface area contributed by atoms with Crippen LogP contribution in [0.4, 0.5) is 4.39 Å². The van der Waals surface area contributed by atoms with Crippen LogP contribution in [0, 0.1) is 5.92 Å². The Kier molecular flexibility index (Phi) is 1.93. The summed E-state index contributed by atoms with van der Waals surface area (Å²) in [5.41, 5.74) is -1.12. The minimum absolute atomic E-state index is 0.0671. The summed E-state index contributed by atoms with van der Waals surface area (Å²) in [7, 11) is 0. The fraction of sp³-hybridized carbons (Fsp3) is 0.556. The molecule has 1 rings (SSSR count). The molecule has 0 aromatic carbocycles. The molecule has 1 aliphatic rings. The molecule has 0 saturated carbocycles. The summed E-state index contributed by atoms with van der Waals surface area (Å²) in [4.78, 5) is 0. The second kappa shape index (κ2) is 2.57. The van der Waals surface area contributed by atoms with Crippen molar-refractivity contribution in [3.05, 3.63) is 24.3 Å². The highest BCUT2D eigenvalue weighted by Gasteiger charge is 2.29. The Hall–Kier alpha value is -0.590. The number of halogens is 1. The number of hydrogen-bond acceptors (Lipinski definition) is 0. The maximum Gasteiger partial charge on any atom is 0.132 e. The lowest BCUT2D eigenvalue weighted by Crippen LogP contribution is -2.26. The maximum atomic E-state index is 13.4. The van der Waals surface area contributed by atoms with Crippen LogP contribution in [0.2, 0.25) is 0 Å². The van der Waals surface area contributed by atoms with Gasteiger partial charge in [0.15, 0.2) is 0 Å². The van der Waals surface area contributed by atoms with Crippen LogP contribution in [-0.4, -0.2) is 5.67 Å². The van der Waals surface area contributed by atoms with Gasteiger partial charge < -0.3 is 0 Å². The molecule has 10 heavy (non-hydrogen) atoms. The molecule has 0 bridgehead atoms. The van der Waals surface area contributed by atoms with Crippen molar-refractivity contribution in [2.45, 2.75) is 25.9 Å². The third-order valence-electron chi connectivity index (χ3n) is 2.04. The lowest BCUT2D eigenvalue weighted by atomic mass is 9.85. The summed E-state index contributed by atoms with van der Waals surface area (Å²) in [5, 5.41) is 0. The number of allylic oxidation sites excluding steroid dienone is 4. The van der Waals surface area contributed by atoms with Gasteiger partial charge >= 0.3 is 0 Å². The van der Waals surface area contributed by atoms with E-state index in [1.165, 1.54) is 0 Å². The zero-order valence-corrected chi connectivity index (χ0v) is 6.47. The summed E-state index contributed by atoms with van der Waals surface area (Å²) in [5.74, 6) is 0.0671. The van der Waals surface area contributed by atoms with Crippen LogP contribution < -0.4 is 0 Å². The summed E-state index contributed by atoms with van der Waals surface area (Å²) in [6.45, 7) is 3.63. The molecule has 0 nitrogen and oxygen atoms in total. The van der Waals surface area contributed by atoms with Crippen LogP contribution in [-0.2, 0) is 0 Å². The van der Waals surface area contributed by atoms with E-state index in [0.717, 1.165) is 6.42 Å². The van der Waals surface area contributed by atoms with E-state index in [1.54, 1.807) is 19.1 Å². The normalized spacial score (nSPS) is 38.5. The fourth-order valence-electron chi connectivity index (χ4n) is 1.29. The van der Waals surface area contributed by atoms with Gasteiger partial charge in [0.2, 0.25) is 0 Å². The van der Waals surface area contributed by atoms with Crippen molar-refractivity contribution in [2.24, 2.45) is 5.92 Å². The van der Waals surface area contributed by atoms with Crippen molar-refractivity contribution in [1.82, 2.24) is 0 Å². The van der Waals surface area contributed by atoms with Crippen LogP contribution in [0.5, 0.6) is 0 Å². The predicted molar refractivity (Wildman–Crippen MR) is 41.6 cm³/mol. The lowest BCUT2D eigenvalue weighted by molar-refractivity contribution is 0.185. The molecule has 0 heterocycles. The van der Waals surface area contributed by atoms with Gasteiger partial charge in [0.1, 0.15) is 5.67 Å². The average molecular weight is 140 g/mol. The Balaban J connectivity index is 2.74. The molecule has 0 saturated heterocycles. The van der Waals surface area contributed by atoms with E-state index in [2.05, 4.69) is 0 Å². The number of alkyl halides is 1. The topological polar surface area (TPSA) is 0 Å². The third-order valence-corrected chi connectivity index (χ3v) is 2.04. The first-order valence-electron chi connectivity index (χ1n) is 3.72. The molecule has 56 valence electrons. The second-order valence-electron chi connectivity index (χ2n) is 2.91. The molecule has 0 amide bonds. The van der Waals surface area contributed by atoms with Gasteiger partial charge in [-0.2, -0.15) is 0 Å². The summed E-state index contributed by atoms with van der Waals surface area (Å²) >= 11 is 0. The summed E-state index contributed by atoms with van der Waals surface area (Å²) < 4.78 is 13.4. The predicted octanol–water partition coefficient (Wildman–Crippen LogP) is 2.87. The molecule has 0 aliphatic heterocycles. The average Bonchev–Trinajstić information content (AvgIpc) is 1.87. The van der Waals surface area contributed by atoms with E-state index >= 15 is 0 Å². The minimum Gasteiger partial charge on any atom is -0.239 e. The van der Waals surface area contributed by atoms with Crippen LogP contribution >= 0.6 is 0 Å². The molecule has 0 radical (unpaired) electrons. The van der Waals surface area contributed by atoms with Gasteiger partial charge in [-0.3, -0.25) is 0 Å². The van der Waals surface area contributed by atoms with Crippen LogP contribution in [0.1, 0.15) is 20.3 Å². The van der Waals surface area contributed by atoms with Gasteiger partial charge in [0.25, 0.3) is 0 Å². The molecular formula is C9H13F. The van der Waals surface area contributed by atoms with E-state index in [1.807, 2.05) is 19.1 Å². The SMILES string of the molecule is CCC1C=CC=CC1(C)F. The molecule has 0 N–H and O–H groups in total. The van der Waals surface area contributed by atoms with E-state index in [4.69, 9.17) is 0 Å². The first-order valence-corrected chi connectivity index (χ1v) is 3.72. The highest BCUT2D eigenvalue weighted by molar-refractivity contribution is 5.20. The Morgan fingerprint density at radius 2 is 2.20 bits per heavy atom. The van der Waals surface area contributed by atoms with E-state index in [0.29, 0.717) is 0 Å². The third kappa shape index (κ3) is 1.28. The van der Waals surface area contributed by atoms with Gasteiger partial charge in [0, 0.05) is 5.92 Å². The molecule has 2 unspecified atom stereocenters. The standard InChI is InChI=1S/C9H13F/c1-3-8-6-4-5-7-9(8,2)10/h4-8H,3H2,1-2H3. The maximum absolute atomic E-state index is 13.4. The van der Waals surface area contributed by atoms with E-state index < -0.39 is 5.67 Å². The van der Waals surface area contributed by atoms with Gasteiger partial charge in [-0.05, 0) is 19.4 Å². The highest BCUT2D eigenvalue weighted by atomic mass is 19.1. The zero-order chi connectivity index (χ0) is 7.61. The monoisotopic (exact) mass is 140 g/mol. The van der Waals surface area contributed by atoms with Crippen molar-refractivity contribution in [3.63, 3.8) is 0 Å². The molecule has 0 aromatic rings. The number of hydrogen-bond donors (Lipinski definition) is 0. The van der Waals surface area contributed by atoms with Gasteiger partial charge in [-0.15, -0.1) is 0 Å². The Morgan fingerprint density at radius 3 is 2.60 bits per heavy atom. The Morgan fingerprint density at radius 1 is 1.50 bits per heavy atom. The van der Waals surface area contributed by atoms with E-state index in [-0.39, 0.29) is 5.92 Å². The molecule has 0 spiro atoms.